The molecule has 0 heterocycles. The first-order valence-electron chi connectivity index (χ1n) is 6.37. The Kier molecular flexibility index (Phi) is 5.20. The lowest BCUT2D eigenvalue weighted by molar-refractivity contribution is 0.0980. The van der Waals surface area contributed by atoms with Gasteiger partial charge in [0, 0.05) is 12.0 Å². The Labute approximate surface area is 104 Å². The molecule has 0 aliphatic heterocycles. The first-order valence-corrected chi connectivity index (χ1v) is 6.37. The Morgan fingerprint density at radius 1 is 1.12 bits per heavy atom. The lowest BCUT2D eigenvalue weighted by Gasteiger charge is -2.12. The van der Waals surface area contributed by atoms with Crippen LogP contribution in [-0.2, 0) is 0 Å². The molecule has 0 bridgehead atoms. The molecule has 1 aromatic carbocycles. The number of Topliss-reactive ketones (excluding diaryl/α,β-unsaturated/α-hetero) is 1. The van der Waals surface area contributed by atoms with Crippen molar-refractivity contribution in [3.63, 3.8) is 0 Å². The Bertz CT molecular complexity index is 371. The molecule has 0 saturated heterocycles. The number of benzene rings is 1. The molecule has 0 spiro atoms. The van der Waals surface area contributed by atoms with E-state index >= 15 is 0 Å². The molecule has 0 fully saturated rings. The molecule has 1 rings (SSSR count). The summed E-state index contributed by atoms with van der Waals surface area (Å²) in [7, 11) is 0. The number of carbonyl (C=O) groups excluding carboxylic acids is 1. The second-order valence-corrected chi connectivity index (χ2v) is 4.45. The fraction of sp³-hybridized carbons (Fsp3) is 0.533. The first-order chi connectivity index (χ1) is 8.10. The van der Waals surface area contributed by atoms with Crippen molar-refractivity contribution in [2.24, 2.45) is 0 Å². The first kappa shape index (κ1) is 13.8. The monoisotopic (exact) mass is 234 g/mol. The number of rotatable bonds is 6. The van der Waals surface area contributed by atoms with E-state index in [0.717, 1.165) is 41.9 Å². The van der Waals surface area contributed by atoms with E-state index in [-0.39, 0.29) is 5.78 Å². The van der Waals surface area contributed by atoms with Crippen molar-refractivity contribution in [3.8, 4) is 5.75 Å². The third-order valence-corrected chi connectivity index (χ3v) is 2.73. The van der Waals surface area contributed by atoms with Gasteiger partial charge in [-0.1, -0.05) is 13.8 Å². The highest BCUT2D eigenvalue weighted by molar-refractivity contribution is 5.98. The van der Waals surface area contributed by atoms with E-state index in [9.17, 15) is 4.79 Å². The van der Waals surface area contributed by atoms with Crippen molar-refractivity contribution < 1.29 is 9.53 Å². The molecule has 1 aromatic rings. The molecular formula is C15H22O2. The van der Waals surface area contributed by atoms with E-state index in [0.29, 0.717) is 6.42 Å². The molecule has 0 amide bonds. The number of aryl methyl sites for hydroxylation is 2. The summed E-state index contributed by atoms with van der Waals surface area (Å²) in [5.41, 5.74) is 2.92. The van der Waals surface area contributed by atoms with Gasteiger partial charge in [0.2, 0.25) is 0 Å². The van der Waals surface area contributed by atoms with Crippen molar-refractivity contribution in [2.75, 3.05) is 6.61 Å². The second kappa shape index (κ2) is 6.43. The molecular weight excluding hydrogens is 212 g/mol. The van der Waals surface area contributed by atoms with Crippen molar-refractivity contribution >= 4 is 5.78 Å². The Morgan fingerprint density at radius 3 is 2.18 bits per heavy atom. The largest absolute Gasteiger partial charge is 0.494 e. The van der Waals surface area contributed by atoms with Crippen molar-refractivity contribution in [1.29, 1.82) is 0 Å². The van der Waals surface area contributed by atoms with Gasteiger partial charge in [-0.15, -0.1) is 0 Å². The molecule has 17 heavy (non-hydrogen) atoms. The van der Waals surface area contributed by atoms with Gasteiger partial charge in [-0.3, -0.25) is 4.79 Å². The van der Waals surface area contributed by atoms with Gasteiger partial charge >= 0.3 is 0 Å². The van der Waals surface area contributed by atoms with Crippen LogP contribution < -0.4 is 4.74 Å². The predicted octanol–water partition coefficient (Wildman–Crippen LogP) is 4.08. The Hall–Kier alpha value is -1.31. The summed E-state index contributed by atoms with van der Waals surface area (Å²) in [6.45, 7) is 8.80. The third kappa shape index (κ3) is 3.58. The molecule has 0 radical (unpaired) electrons. The van der Waals surface area contributed by atoms with Crippen molar-refractivity contribution in [1.82, 2.24) is 0 Å². The van der Waals surface area contributed by atoms with Crippen LogP contribution >= 0.6 is 0 Å². The maximum atomic E-state index is 12.0. The minimum absolute atomic E-state index is 0.240. The molecule has 2 nitrogen and oxygen atoms in total. The third-order valence-electron chi connectivity index (χ3n) is 2.73. The van der Waals surface area contributed by atoms with Crippen LogP contribution in [0.2, 0.25) is 0 Å². The van der Waals surface area contributed by atoms with E-state index in [1.165, 1.54) is 0 Å². The van der Waals surface area contributed by atoms with Gasteiger partial charge in [-0.25, -0.2) is 0 Å². The molecule has 0 atom stereocenters. The van der Waals surface area contributed by atoms with Crippen LogP contribution in [0.5, 0.6) is 5.75 Å². The standard InChI is InChI=1S/C15H22O2/c1-5-7-14(16)15-11(3)9-13(10-12(15)4)17-8-6-2/h9-10H,5-8H2,1-4H3. The van der Waals surface area contributed by atoms with Crippen LogP contribution in [0.3, 0.4) is 0 Å². The van der Waals surface area contributed by atoms with E-state index in [2.05, 4.69) is 6.92 Å². The summed E-state index contributed by atoms with van der Waals surface area (Å²) in [5, 5.41) is 0. The van der Waals surface area contributed by atoms with Crippen LogP contribution in [0.25, 0.3) is 0 Å². The highest BCUT2D eigenvalue weighted by atomic mass is 16.5. The molecule has 2 heteroatoms. The average Bonchev–Trinajstić information content (AvgIpc) is 2.25. The smallest absolute Gasteiger partial charge is 0.163 e. The molecule has 0 unspecified atom stereocenters. The lowest BCUT2D eigenvalue weighted by atomic mass is 9.96. The fourth-order valence-corrected chi connectivity index (χ4v) is 2.02. The van der Waals surface area contributed by atoms with E-state index in [1.807, 2.05) is 32.9 Å². The molecule has 94 valence electrons. The zero-order valence-corrected chi connectivity index (χ0v) is 11.3. The van der Waals surface area contributed by atoms with Crippen molar-refractivity contribution in [3.05, 3.63) is 28.8 Å². The number of ketones is 1. The molecule has 0 saturated carbocycles. The van der Waals surface area contributed by atoms with E-state index < -0.39 is 0 Å². The second-order valence-electron chi connectivity index (χ2n) is 4.45. The van der Waals surface area contributed by atoms with Crippen LogP contribution in [0.15, 0.2) is 12.1 Å². The van der Waals surface area contributed by atoms with Crippen LogP contribution in [-0.4, -0.2) is 12.4 Å². The Morgan fingerprint density at radius 2 is 1.71 bits per heavy atom. The number of hydrogen-bond donors (Lipinski definition) is 0. The number of hydrogen-bond acceptors (Lipinski definition) is 2. The van der Waals surface area contributed by atoms with Gasteiger partial charge in [-0.05, 0) is 49.9 Å². The minimum Gasteiger partial charge on any atom is -0.494 e. The normalized spacial score (nSPS) is 10.4. The molecule has 0 aliphatic carbocycles. The van der Waals surface area contributed by atoms with E-state index in [1.54, 1.807) is 0 Å². The number of ether oxygens (including phenoxy) is 1. The number of carbonyl (C=O) groups is 1. The predicted molar refractivity (Wildman–Crippen MR) is 70.9 cm³/mol. The van der Waals surface area contributed by atoms with E-state index in [4.69, 9.17) is 4.74 Å². The lowest BCUT2D eigenvalue weighted by Crippen LogP contribution is -2.05. The summed E-state index contributed by atoms with van der Waals surface area (Å²) in [6.07, 6.45) is 2.51. The molecule has 0 aliphatic rings. The summed E-state index contributed by atoms with van der Waals surface area (Å²) in [4.78, 5) is 12.0. The fourth-order valence-electron chi connectivity index (χ4n) is 2.02. The van der Waals surface area contributed by atoms with Crippen LogP contribution in [0.1, 0.15) is 54.6 Å². The average molecular weight is 234 g/mol. The summed E-state index contributed by atoms with van der Waals surface area (Å²) in [5.74, 6) is 1.11. The topological polar surface area (TPSA) is 26.3 Å². The highest BCUT2D eigenvalue weighted by Crippen LogP contribution is 2.23. The molecule has 0 aromatic heterocycles. The molecule has 0 N–H and O–H groups in total. The van der Waals surface area contributed by atoms with Gasteiger partial charge in [0.05, 0.1) is 6.61 Å². The maximum absolute atomic E-state index is 12.0. The summed E-state index contributed by atoms with van der Waals surface area (Å²) >= 11 is 0. The maximum Gasteiger partial charge on any atom is 0.163 e. The van der Waals surface area contributed by atoms with Crippen LogP contribution in [0, 0.1) is 13.8 Å². The SMILES string of the molecule is CCCOc1cc(C)c(C(=O)CCC)c(C)c1. The summed E-state index contributed by atoms with van der Waals surface area (Å²) in [6, 6.07) is 3.93. The zero-order chi connectivity index (χ0) is 12.8. The zero-order valence-electron chi connectivity index (χ0n) is 11.3. The van der Waals surface area contributed by atoms with Gasteiger partial charge in [0.15, 0.2) is 5.78 Å². The van der Waals surface area contributed by atoms with Gasteiger partial charge in [0.25, 0.3) is 0 Å². The van der Waals surface area contributed by atoms with Gasteiger partial charge < -0.3 is 4.74 Å². The van der Waals surface area contributed by atoms with Gasteiger partial charge in [0.1, 0.15) is 5.75 Å². The quantitative estimate of drug-likeness (QED) is 0.693. The van der Waals surface area contributed by atoms with Crippen LogP contribution in [0.4, 0.5) is 0 Å². The summed E-state index contributed by atoms with van der Waals surface area (Å²) < 4.78 is 5.60. The Balaban J connectivity index is 2.97. The minimum atomic E-state index is 0.240. The van der Waals surface area contributed by atoms with Gasteiger partial charge in [-0.2, -0.15) is 0 Å². The van der Waals surface area contributed by atoms with Crippen molar-refractivity contribution in [2.45, 2.75) is 47.0 Å². The highest BCUT2D eigenvalue weighted by Gasteiger charge is 2.12.